The summed E-state index contributed by atoms with van der Waals surface area (Å²) in [6, 6.07) is 7.54. The molecule has 0 saturated carbocycles. The molecule has 4 heteroatoms. The molecule has 1 saturated heterocycles. The van der Waals surface area contributed by atoms with E-state index in [1.807, 2.05) is 29.2 Å². The van der Waals surface area contributed by atoms with Crippen LogP contribution in [0.15, 0.2) is 24.3 Å². The number of aliphatic hydroxyl groups is 1. The molecular formula is C16H23NO3. The van der Waals surface area contributed by atoms with Gasteiger partial charge in [0, 0.05) is 6.54 Å². The van der Waals surface area contributed by atoms with E-state index in [9.17, 15) is 9.90 Å². The highest BCUT2D eigenvalue weighted by atomic mass is 16.4. The zero-order valence-electron chi connectivity index (χ0n) is 12.0. The van der Waals surface area contributed by atoms with Gasteiger partial charge >= 0.3 is 5.97 Å². The van der Waals surface area contributed by atoms with Crippen molar-refractivity contribution in [2.45, 2.75) is 44.8 Å². The Morgan fingerprint density at radius 2 is 2.10 bits per heavy atom. The van der Waals surface area contributed by atoms with Gasteiger partial charge in [0.2, 0.25) is 0 Å². The summed E-state index contributed by atoms with van der Waals surface area (Å²) in [4.78, 5) is 13.0. The van der Waals surface area contributed by atoms with Gasteiger partial charge in [-0.2, -0.15) is 0 Å². The van der Waals surface area contributed by atoms with Gasteiger partial charge in [0.15, 0.2) is 0 Å². The molecule has 1 aromatic carbocycles. The summed E-state index contributed by atoms with van der Waals surface area (Å²) in [7, 11) is 0. The number of aliphatic carboxylic acids is 1. The van der Waals surface area contributed by atoms with Crippen LogP contribution in [0.5, 0.6) is 0 Å². The molecule has 1 aliphatic heterocycles. The Hall–Kier alpha value is -1.39. The second-order valence-corrected chi connectivity index (χ2v) is 5.50. The Bertz CT molecular complexity index is 444. The zero-order chi connectivity index (χ0) is 14.5. The summed E-state index contributed by atoms with van der Waals surface area (Å²) in [6.45, 7) is 3.29. The topological polar surface area (TPSA) is 60.8 Å². The molecule has 0 spiro atoms. The van der Waals surface area contributed by atoms with Gasteiger partial charge in [-0.05, 0) is 36.9 Å². The summed E-state index contributed by atoms with van der Waals surface area (Å²) in [5.41, 5.74) is 2.13. The third kappa shape index (κ3) is 3.58. The lowest BCUT2D eigenvalue weighted by Gasteiger charge is -2.24. The zero-order valence-corrected chi connectivity index (χ0v) is 12.0. The molecule has 1 heterocycles. The molecule has 1 aliphatic rings. The van der Waals surface area contributed by atoms with E-state index in [1.54, 1.807) is 0 Å². The molecule has 110 valence electrons. The smallest absolute Gasteiger partial charge is 0.320 e. The molecule has 4 nitrogen and oxygen atoms in total. The fourth-order valence-corrected chi connectivity index (χ4v) is 2.85. The van der Waals surface area contributed by atoms with Crippen molar-refractivity contribution in [1.82, 2.24) is 4.90 Å². The van der Waals surface area contributed by atoms with Gasteiger partial charge in [-0.3, -0.25) is 9.69 Å². The number of β-amino-alcohol motifs (C(OH)–C–C–N with tert-alkyl or cyclic N) is 1. The Kier molecular flexibility index (Phi) is 5.15. The Balaban J connectivity index is 1.97. The Morgan fingerprint density at radius 3 is 2.70 bits per heavy atom. The number of nitrogens with zero attached hydrogens (tertiary/aromatic N) is 1. The number of aryl methyl sites for hydroxylation is 1. The van der Waals surface area contributed by atoms with Gasteiger partial charge in [-0.15, -0.1) is 0 Å². The minimum Gasteiger partial charge on any atom is -0.480 e. The number of rotatable bonds is 6. The molecule has 0 amide bonds. The monoisotopic (exact) mass is 277 g/mol. The molecule has 0 bridgehead atoms. The molecule has 2 N–H and O–H groups in total. The second kappa shape index (κ2) is 6.86. The Labute approximate surface area is 120 Å². The van der Waals surface area contributed by atoms with Crippen molar-refractivity contribution in [3.05, 3.63) is 35.4 Å². The van der Waals surface area contributed by atoms with Crippen molar-refractivity contribution in [3.63, 3.8) is 0 Å². The first-order valence-corrected chi connectivity index (χ1v) is 7.35. The van der Waals surface area contributed by atoms with Gasteiger partial charge in [0.25, 0.3) is 0 Å². The lowest BCUT2D eigenvalue weighted by atomic mass is 10.0. The number of hydrogen-bond donors (Lipinski definition) is 2. The molecule has 2 rings (SSSR count). The number of hydrogen-bond acceptors (Lipinski definition) is 3. The normalized spacial score (nSPS) is 21.0. The van der Waals surface area contributed by atoms with Crippen molar-refractivity contribution >= 4 is 5.97 Å². The Morgan fingerprint density at radius 1 is 1.40 bits per heavy atom. The van der Waals surface area contributed by atoms with Gasteiger partial charge in [-0.25, -0.2) is 0 Å². The summed E-state index contributed by atoms with van der Waals surface area (Å²) in [6.07, 6.45) is 3.10. The van der Waals surface area contributed by atoms with E-state index in [-0.39, 0.29) is 0 Å². The van der Waals surface area contributed by atoms with Gasteiger partial charge in [0.1, 0.15) is 6.04 Å². The van der Waals surface area contributed by atoms with Crippen LogP contribution in [0.2, 0.25) is 0 Å². The minimum atomic E-state index is -0.784. The number of carbonyl (C=O) groups is 1. The molecule has 0 aromatic heterocycles. The predicted octanol–water partition coefficient (Wildman–Crippen LogP) is 2.22. The van der Waals surface area contributed by atoms with E-state index in [0.717, 1.165) is 31.4 Å². The van der Waals surface area contributed by atoms with E-state index in [2.05, 4.69) is 6.92 Å². The number of benzene rings is 1. The summed E-state index contributed by atoms with van der Waals surface area (Å²) >= 11 is 0. The third-order valence-electron chi connectivity index (χ3n) is 3.96. The van der Waals surface area contributed by atoms with Crippen LogP contribution in [0, 0.1) is 0 Å². The summed E-state index contributed by atoms with van der Waals surface area (Å²) < 4.78 is 0. The van der Waals surface area contributed by atoms with Crippen molar-refractivity contribution in [2.75, 3.05) is 13.1 Å². The largest absolute Gasteiger partial charge is 0.480 e. The summed E-state index contributed by atoms with van der Waals surface area (Å²) in [5, 5.41) is 19.4. The highest BCUT2D eigenvalue weighted by Crippen LogP contribution is 2.22. The van der Waals surface area contributed by atoms with Crippen molar-refractivity contribution in [3.8, 4) is 0 Å². The lowest BCUT2D eigenvalue weighted by Crippen LogP contribution is -2.38. The van der Waals surface area contributed by atoms with Crippen LogP contribution in [0.25, 0.3) is 0 Å². The fraction of sp³-hybridized carbons (Fsp3) is 0.562. The average molecular weight is 277 g/mol. The number of carboxylic acid groups (broad SMARTS) is 1. The van der Waals surface area contributed by atoms with Crippen molar-refractivity contribution in [2.24, 2.45) is 0 Å². The molecule has 2 unspecified atom stereocenters. The maximum atomic E-state index is 11.1. The second-order valence-electron chi connectivity index (χ2n) is 5.50. The number of likely N-dealkylation sites (tertiary alicyclic amines) is 1. The van der Waals surface area contributed by atoms with Crippen LogP contribution in [0.4, 0.5) is 0 Å². The van der Waals surface area contributed by atoms with E-state index < -0.39 is 18.1 Å². The molecule has 0 radical (unpaired) electrons. The first-order valence-electron chi connectivity index (χ1n) is 7.35. The highest BCUT2D eigenvalue weighted by Gasteiger charge is 2.31. The molecule has 0 aliphatic carbocycles. The van der Waals surface area contributed by atoms with E-state index in [0.29, 0.717) is 13.0 Å². The highest BCUT2D eigenvalue weighted by molar-refractivity contribution is 5.73. The third-order valence-corrected chi connectivity index (χ3v) is 3.96. The number of aliphatic hydroxyl groups excluding tert-OH is 1. The molecule has 1 aromatic rings. The van der Waals surface area contributed by atoms with E-state index in [4.69, 9.17) is 5.11 Å². The quantitative estimate of drug-likeness (QED) is 0.837. The average Bonchev–Trinajstić information content (AvgIpc) is 2.88. The van der Waals surface area contributed by atoms with Crippen LogP contribution in [-0.4, -0.2) is 40.2 Å². The fourth-order valence-electron chi connectivity index (χ4n) is 2.85. The number of carboxylic acids is 1. The first-order chi connectivity index (χ1) is 9.61. The van der Waals surface area contributed by atoms with Crippen molar-refractivity contribution < 1.29 is 15.0 Å². The van der Waals surface area contributed by atoms with Gasteiger partial charge < -0.3 is 10.2 Å². The van der Waals surface area contributed by atoms with Gasteiger partial charge in [0.05, 0.1) is 6.10 Å². The standard InChI is InChI=1S/C16H23NO3/c1-2-4-12-6-8-13(9-7-12)15(18)11-17-10-3-5-14(17)16(19)20/h6-9,14-15,18H,2-5,10-11H2,1H3,(H,19,20). The minimum absolute atomic E-state index is 0.393. The molecule has 20 heavy (non-hydrogen) atoms. The first kappa shape index (κ1) is 15.0. The van der Waals surface area contributed by atoms with Crippen LogP contribution in [0.1, 0.15) is 43.4 Å². The predicted molar refractivity (Wildman–Crippen MR) is 77.6 cm³/mol. The summed E-state index contributed by atoms with van der Waals surface area (Å²) in [5.74, 6) is -0.784. The van der Waals surface area contributed by atoms with E-state index in [1.165, 1.54) is 5.56 Å². The lowest BCUT2D eigenvalue weighted by molar-refractivity contribution is -0.142. The van der Waals surface area contributed by atoms with Crippen LogP contribution in [0.3, 0.4) is 0 Å². The van der Waals surface area contributed by atoms with Crippen LogP contribution in [-0.2, 0) is 11.2 Å². The van der Waals surface area contributed by atoms with E-state index >= 15 is 0 Å². The van der Waals surface area contributed by atoms with Crippen LogP contribution < -0.4 is 0 Å². The van der Waals surface area contributed by atoms with Gasteiger partial charge in [-0.1, -0.05) is 37.6 Å². The maximum Gasteiger partial charge on any atom is 0.320 e. The molecular weight excluding hydrogens is 254 g/mol. The van der Waals surface area contributed by atoms with Crippen LogP contribution >= 0.6 is 0 Å². The molecule has 2 atom stereocenters. The molecule has 1 fully saturated rings. The maximum absolute atomic E-state index is 11.1. The SMILES string of the molecule is CCCc1ccc(C(O)CN2CCCC2C(=O)O)cc1. The van der Waals surface area contributed by atoms with Crippen molar-refractivity contribution in [1.29, 1.82) is 0 Å².